The van der Waals surface area contributed by atoms with Crippen LogP contribution in [-0.4, -0.2) is 41.3 Å². The van der Waals surface area contributed by atoms with Gasteiger partial charge in [0, 0.05) is 11.6 Å². The first-order valence-electron chi connectivity index (χ1n) is 7.74. The van der Waals surface area contributed by atoms with Gasteiger partial charge in [-0.1, -0.05) is 6.42 Å². The molecule has 0 radical (unpaired) electrons. The number of ether oxygens (including phenoxy) is 1. The molecular formula is C17H22N2O3. The van der Waals surface area contributed by atoms with Crippen LogP contribution in [-0.2, 0) is 6.54 Å². The van der Waals surface area contributed by atoms with Crippen LogP contribution < -0.4 is 4.74 Å². The summed E-state index contributed by atoms with van der Waals surface area (Å²) in [4.78, 5) is 6.63. The van der Waals surface area contributed by atoms with E-state index in [0.29, 0.717) is 12.4 Å². The molecule has 0 aliphatic carbocycles. The van der Waals surface area contributed by atoms with Gasteiger partial charge in [0.2, 0.25) is 5.89 Å². The minimum Gasteiger partial charge on any atom is -0.497 e. The van der Waals surface area contributed by atoms with Gasteiger partial charge in [-0.3, -0.25) is 4.90 Å². The van der Waals surface area contributed by atoms with Crippen LogP contribution in [0.25, 0.3) is 11.3 Å². The molecule has 5 nitrogen and oxygen atoms in total. The predicted octanol–water partition coefficient (Wildman–Crippen LogP) is 2.70. The Labute approximate surface area is 130 Å². The highest BCUT2D eigenvalue weighted by Gasteiger charge is 2.23. The Morgan fingerprint density at radius 2 is 2.14 bits per heavy atom. The molecule has 1 fully saturated rings. The molecule has 1 aliphatic heterocycles. The van der Waals surface area contributed by atoms with Crippen LogP contribution in [0.15, 0.2) is 34.9 Å². The second kappa shape index (κ2) is 6.94. The van der Waals surface area contributed by atoms with E-state index in [-0.39, 0.29) is 12.6 Å². The number of aromatic nitrogens is 1. The summed E-state index contributed by atoms with van der Waals surface area (Å²) in [6.45, 7) is 1.85. The Kier molecular flexibility index (Phi) is 4.75. The summed E-state index contributed by atoms with van der Waals surface area (Å²) in [5.74, 6) is 2.28. The second-order valence-corrected chi connectivity index (χ2v) is 5.65. The number of rotatable bonds is 5. The third kappa shape index (κ3) is 3.31. The molecule has 1 aromatic carbocycles. The van der Waals surface area contributed by atoms with Gasteiger partial charge in [-0.25, -0.2) is 4.98 Å². The third-order valence-electron chi connectivity index (χ3n) is 4.23. The van der Waals surface area contributed by atoms with E-state index in [1.165, 1.54) is 12.8 Å². The minimum absolute atomic E-state index is 0.200. The van der Waals surface area contributed by atoms with Crippen molar-refractivity contribution >= 4 is 0 Å². The zero-order valence-corrected chi connectivity index (χ0v) is 12.9. The molecule has 0 amide bonds. The normalized spacial score (nSPS) is 19.3. The SMILES string of the molecule is COc1ccc(-c2cnc(CN3CCCCC3CO)o2)cc1. The average molecular weight is 302 g/mol. The van der Waals surface area contributed by atoms with E-state index in [1.54, 1.807) is 13.3 Å². The first-order valence-corrected chi connectivity index (χ1v) is 7.74. The Hall–Kier alpha value is -1.85. The summed E-state index contributed by atoms with van der Waals surface area (Å²) in [6.07, 6.45) is 5.16. The highest BCUT2D eigenvalue weighted by molar-refractivity contribution is 5.57. The fourth-order valence-corrected chi connectivity index (χ4v) is 2.92. The second-order valence-electron chi connectivity index (χ2n) is 5.65. The maximum atomic E-state index is 9.47. The van der Waals surface area contributed by atoms with Crippen molar-refractivity contribution in [1.29, 1.82) is 0 Å². The highest BCUT2D eigenvalue weighted by atomic mass is 16.5. The quantitative estimate of drug-likeness (QED) is 0.920. The summed E-state index contributed by atoms with van der Waals surface area (Å²) < 4.78 is 11.0. The van der Waals surface area contributed by atoms with Gasteiger partial charge in [0.25, 0.3) is 0 Å². The first kappa shape index (κ1) is 15.1. The van der Waals surface area contributed by atoms with Crippen molar-refractivity contribution in [3.8, 4) is 17.1 Å². The van der Waals surface area contributed by atoms with Crippen molar-refractivity contribution in [1.82, 2.24) is 9.88 Å². The van der Waals surface area contributed by atoms with E-state index in [4.69, 9.17) is 9.15 Å². The molecule has 2 heterocycles. The number of piperidine rings is 1. The Morgan fingerprint density at radius 1 is 1.32 bits per heavy atom. The smallest absolute Gasteiger partial charge is 0.209 e. The first-order chi connectivity index (χ1) is 10.8. The third-order valence-corrected chi connectivity index (χ3v) is 4.23. The van der Waals surface area contributed by atoms with Gasteiger partial charge in [-0.15, -0.1) is 0 Å². The van der Waals surface area contributed by atoms with Crippen LogP contribution in [0.2, 0.25) is 0 Å². The summed E-state index contributed by atoms with van der Waals surface area (Å²) in [5, 5.41) is 9.47. The van der Waals surface area contributed by atoms with Crippen molar-refractivity contribution in [2.75, 3.05) is 20.3 Å². The van der Waals surface area contributed by atoms with Crippen molar-refractivity contribution < 1.29 is 14.3 Å². The van der Waals surface area contributed by atoms with Crippen molar-refractivity contribution in [3.05, 3.63) is 36.4 Å². The van der Waals surface area contributed by atoms with Gasteiger partial charge in [-0.05, 0) is 43.7 Å². The van der Waals surface area contributed by atoms with E-state index in [0.717, 1.165) is 30.0 Å². The van der Waals surface area contributed by atoms with Crippen molar-refractivity contribution in [3.63, 3.8) is 0 Å². The number of hydrogen-bond donors (Lipinski definition) is 1. The summed E-state index contributed by atoms with van der Waals surface area (Å²) in [6, 6.07) is 7.96. The maximum Gasteiger partial charge on any atom is 0.209 e. The van der Waals surface area contributed by atoms with Crippen LogP contribution in [0, 0.1) is 0 Å². The predicted molar refractivity (Wildman–Crippen MR) is 83.6 cm³/mol. The van der Waals surface area contributed by atoms with Gasteiger partial charge < -0.3 is 14.3 Å². The number of aliphatic hydroxyl groups is 1. The number of methoxy groups -OCH3 is 1. The molecule has 1 aromatic heterocycles. The lowest BCUT2D eigenvalue weighted by Gasteiger charge is -2.33. The number of oxazole rings is 1. The van der Waals surface area contributed by atoms with Crippen molar-refractivity contribution in [2.24, 2.45) is 0 Å². The largest absolute Gasteiger partial charge is 0.497 e. The summed E-state index contributed by atoms with van der Waals surface area (Å²) in [5.41, 5.74) is 0.983. The number of nitrogens with zero attached hydrogens (tertiary/aromatic N) is 2. The molecule has 1 aliphatic rings. The van der Waals surface area contributed by atoms with Gasteiger partial charge >= 0.3 is 0 Å². The molecular weight excluding hydrogens is 280 g/mol. The van der Waals surface area contributed by atoms with E-state index in [2.05, 4.69) is 9.88 Å². The standard InChI is InChI=1S/C17H22N2O3/c1-21-15-7-5-13(6-8-15)16-10-18-17(22-16)11-19-9-3-2-4-14(19)12-20/h5-8,10,14,20H,2-4,9,11-12H2,1H3. The number of hydrogen-bond acceptors (Lipinski definition) is 5. The zero-order valence-electron chi connectivity index (χ0n) is 12.9. The molecule has 5 heteroatoms. The van der Waals surface area contributed by atoms with Crippen molar-refractivity contribution in [2.45, 2.75) is 31.8 Å². The van der Waals surface area contributed by atoms with Gasteiger partial charge in [0.15, 0.2) is 5.76 Å². The molecule has 3 rings (SSSR count). The van der Waals surface area contributed by atoms with Crippen LogP contribution in [0.4, 0.5) is 0 Å². The molecule has 0 bridgehead atoms. The van der Waals surface area contributed by atoms with E-state index >= 15 is 0 Å². The molecule has 1 unspecified atom stereocenters. The molecule has 1 N–H and O–H groups in total. The fraction of sp³-hybridized carbons (Fsp3) is 0.471. The lowest BCUT2D eigenvalue weighted by Crippen LogP contribution is -2.41. The molecule has 22 heavy (non-hydrogen) atoms. The lowest BCUT2D eigenvalue weighted by molar-refractivity contribution is 0.0770. The van der Waals surface area contributed by atoms with E-state index in [1.807, 2.05) is 24.3 Å². The number of likely N-dealkylation sites (tertiary alicyclic amines) is 1. The highest BCUT2D eigenvalue weighted by Crippen LogP contribution is 2.25. The molecule has 1 saturated heterocycles. The van der Waals surface area contributed by atoms with Crippen LogP contribution in [0.1, 0.15) is 25.2 Å². The molecule has 0 saturated carbocycles. The van der Waals surface area contributed by atoms with E-state index < -0.39 is 0 Å². The summed E-state index contributed by atoms with van der Waals surface area (Å²) in [7, 11) is 1.65. The zero-order chi connectivity index (χ0) is 15.4. The summed E-state index contributed by atoms with van der Waals surface area (Å²) >= 11 is 0. The van der Waals surface area contributed by atoms with Crippen LogP contribution >= 0.6 is 0 Å². The van der Waals surface area contributed by atoms with Crippen LogP contribution in [0.3, 0.4) is 0 Å². The minimum atomic E-state index is 0.200. The Bertz CT molecular complexity index is 594. The van der Waals surface area contributed by atoms with Gasteiger partial charge in [0.1, 0.15) is 5.75 Å². The number of aliphatic hydroxyl groups excluding tert-OH is 1. The molecule has 118 valence electrons. The Morgan fingerprint density at radius 3 is 2.86 bits per heavy atom. The van der Waals surface area contributed by atoms with Gasteiger partial charge in [-0.2, -0.15) is 0 Å². The Balaban J connectivity index is 1.70. The molecule has 2 aromatic rings. The average Bonchev–Trinajstić information content (AvgIpc) is 3.04. The monoisotopic (exact) mass is 302 g/mol. The lowest BCUT2D eigenvalue weighted by atomic mass is 10.0. The topological polar surface area (TPSA) is 58.7 Å². The fourth-order valence-electron chi connectivity index (χ4n) is 2.92. The van der Waals surface area contributed by atoms with Gasteiger partial charge in [0.05, 0.1) is 26.5 Å². The maximum absolute atomic E-state index is 9.47. The van der Waals surface area contributed by atoms with Crippen LogP contribution in [0.5, 0.6) is 5.75 Å². The van der Waals surface area contributed by atoms with E-state index in [9.17, 15) is 5.11 Å². The molecule has 0 spiro atoms. The molecule has 1 atom stereocenters. The number of benzene rings is 1.